The Balaban J connectivity index is 2.46. The van der Waals surface area contributed by atoms with Gasteiger partial charge in [0, 0.05) is 12.0 Å². The van der Waals surface area contributed by atoms with Crippen LogP contribution >= 0.6 is 0 Å². The number of nitriles is 1. The molecule has 3 nitrogen and oxygen atoms in total. The zero-order valence-electron chi connectivity index (χ0n) is 10.9. The van der Waals surface area contributed by atoms with E-state index in [4.69, 9.17) is 0 Å². The summed E-state index contributed by atoms with van der Waals surface area (Å²) < 4.78 is 22.2. The molecule has 0 aromatic rings. The molecule has 1 fully saturated rings. The standard InChI is InChI=1S/C13H23NO2S/c1-3-12-5-8-13(11-14,9-6-12)7-4-10-17(2,15)16/h12H,3-10H2,1-2H3. The van der Waals surface area contributed by atoms with E-state index in [1.807, 2.05) is 0 Å². The Morgan fingerprint density at radius 3 is 2.35 bits per heavy atom. The quantitative estimate of drug-likeness (QED) is 0.761. The second-order valence-corrected chi connectivity index (χ2v) is 7.74. The van der Waals surface area contributed by atoms with E-state index in [0.717, 1.165) is 38.0 Å². The van der Waals surface area contributed by atoms with Gasteiger partial charge < -0.3 is 0 Å². The van der Waals surface area contributed by atoms with E-state index in [0.29, 0.717) is 6.42 Å². The maximum Gasteiger partial charge on any atom is 0.147 e. The highest BCUT2D eigenvalue weighted by atomic mass is 32.2. The minimum atomic E-state index is -2.88. The van der Waals surface area contributed by atoms with Crippen molar-refractivity contribution >= 4 is 9.84 Å². The van der Waals surface area contributed by atoms with E-state index in [1.165, 1.54) is 12.7 Å². The van der Waals surface area contributed by atoms with Crippen LogP contribution in [0.5, 0.6) is 0 Å². The molecule has 17 heavy (non-hydrogen) atoms. The first-order chi connectivity index (χ1) is 7.91. The lowest BCUT2D eigenvalue weighted by molar-refractivity contribution is 0.193. The second-order valence-electron chi connectivity index (χ2n) is 5.48. The van der Waals surface area contributed by atoms with Crippen molar-refractivity contribution in [3.8, 4) is 6.07 Å². The third kappa shape index (κ3) is 4.67. The van der Waals surface area contributed by atoms with Crippen molar-refractivity contribution in [3.05, 3.63) is 0 Å². The van der Waals surface area contributed by atoms with E-state index in [2.05, 4.69) is 13.0 Å². The summed E-state index contributed by atoms with van der Waals surface area (Å²) >= 11 is 0. The average Bonchev–Trinajstić information content (AvgIpc) is 2.28. The van der Waals surface area contributed by atoms with Gasteiger partial charge in [-0.25, -0.2) is 8.42 Å². The Morgan fingerprint density at radius 2 is 1.94 bits per heavy atom. The highest BCUT2D eigenvalue weighted by Gasteiger charge is 2.34. The molecule has 4 heteroatoms. The summed E-state index contributed by atoms with van der Waals surface area (Å²) in [5, 5.41) is 9.33. The molecule has 0 unspecified atom stereocenters. The number of nitrogens with zero attached hydrogens (tertiary/aromatic N) is 1. The third-order valence-corrected chi connectivity index (χ3v) is 5.08. The molecule has 0 aliphatic heterocycles. The van der Waals surface area contributed by atoms with Gasteiger partial charge in [0.2, 0.25) is 0 Å². The molecule has 1 rings (SSSR count). The van der Waals surface area contributed by atoms with Crippen LogP contribution in [-0.2, 0) is 9.84 Å². The fraction of sp³-hybridized carbons (Fsp3) is 0.923. The maximum absolute atomic E-state index is 11.1. The first-order valence-corrected chi connectivity index (χ1v) is 8.56. The van der Waals surface area contributed by atoms with Gasteiger partial charge in [-0.15, -0.1) is 0 Å². The molecule has 1 aliphatic rings. The number of sulfone groups is 1. The normalized spacial score (nSPS) is 29.8. The highest BCUT2D eigenvalue weighted by molar-refractivity contribution is 7.90. The van der Waals surface area contributed by atoms with Crippen molar-refractivity contribution in [2.24, 2.45) is 11.3 Å². The molecule has 0 radical (unpaired) electrons. The topological polar surface area (TPSA) is 57.9 Å². The van der Waals surface area contributed by atoms with E-state index in [9.17, 15) is 13.7 Å². The summed E-state index contributed by atoms with van der Waals surface area (Å²) in [6.07, 6.45) is 7.99. The molecule has 0 aromatic carbocycles. The molecule has 0 amide bonds. The Kier molecular flexibility index (Phi) is 5.00. The van der Waals surface area contributed by atoms with E-state index in [1.54, 1.807) is 0 Å². The zero-order valence-corrected chi connectivity index (χ0v) is 11.7. The smallest absolute Gasteiger partial charge is 0.147 e. The van der Waals surface area contributed by atoms with Crippen molar-refractivity contribution in [1.82, 2.24) is 0 Å². The van der Waals surface area contributed by atoms with E-state index >= 15 is 0 Å². The van der Waals surface area contributed by atoms with Crippen LogP contribution < -0.4 is 0 Å². The van der Waals surface area contributed by atoms with Gasteiger partial charge in [-0.2, -0.15) is 5.26 Å². The van der Waals surface area contributed by atoms with E-state index in [-0.39, 0.29) is 11.2 Å². The van der Waals surface area contributed by atoms with Gasteiger partial charge in [-0.3, -0.25) is 0 Å². The Morgan fingerprint density at radius 1 is 1.35 bits per heavy atom. The highest BCUT2D eigenvalue weighted by Crippen LogP contribution is 2.42. The number of hydrogen-bond donors (Lipinski definition) is 0. The van der Waals surface area contributed by atoms with Crippen LogP contribution in [0.3, 0.4) is 0 Å². The Hall–Kier alpha value is -0.560. The molecule has 0 N–H and O–H groups in total. The molecule has 0 aromatic heterocycles. The minimum Gasteiger partial charge on any atom is -0.229 e. The molecule has 0 bridgehead atoms. The van der Waals surface area contributed by atoms with Gasteiger partial charge in [-0.05, 0) is 44.4 Å². The number of rotatable bonds is 5. The van der Waals surface area contributed by atoms with Crippen LogP contribution in [0.15, 0.2) is 0 Å². The molecular weight excluding hydrogens is 234 g/mol. The van der Waals surface area contributed by atoms with Gasteiger partial charge in [0.05, 0.1) is 11.5 Å². The summed E-state index contributed by atoms with van der Waals surface area (Å²) in [6, 6.07) is 2.45. The summed E-state index contributed by atoms with van der Waals surface area (Å²) in [4.78, 5) is 0. The molecule has 1 aliphatic carbocycles. The second kappa shape index (κ2) is 5.86. The van der Waals surface area contributed by atoms with Crippen LogP contribution in [0.25, 0.3) is 0 Å². The number of hydrogen-bond acceptors (Lipinski definition) is 3. The van der Waals surface area contributed by atoms with Gasteiger partial charge in [-0.1, -0.05) is 13.3 Å². The molecule has 98 valence electrons. The summed E-state index contributed by atoms with van der Waals surface area (Å²) in [5.74, 6) is 0.986. The van der Waals surface area contributed by atoms with Gasteiger partial charge in [0.1, 0.15) is 9.84 Å². The minimum absolute atomic E-state index is 0.216. The largest absolute Gasteiger partial charge is 0.229 e. The van der Waals surface area contributed by atoms with Crippen LogP contribution in [0, 0.1) is 22.7 Å². The lowest BCUT2D eigenvalue weighted by Gasteiger charge is -2.34. The Labute approximate surface area is 105 Å². The van der Waals surface area contributed by atoms with Crippen molar-refractivity contribution < 1.29 is 8.42 Å². The molecule has 0 atom stereocenters. The molecule has 0 saturated heterocycles. The fourth-order valence-electron chi connectivity index (χ4n) is 2.73. The predicted molar refractivity (Wildman–Crippen MR) is 69.2 cm³/mol. The predicted octanol–water partition coefficient (Wildman–Crippen LogP) is 2.92. The average molecular weight is 257 g/mol. The van der Waals surface area contributed by atoms with Crippen molar-refractivity contribution in [2.45, 2.75) is 51.9 Å². The SMILES string of the molecule is CCC1CCC(C#N)(CCCS(C)(=O)=O)CC1. The van der Waals surface area contributed by atoms with Crippen LogP contribution in [0.1, 0.15) is 51.9 Å². The maximum atomic E-state index is 11.1. The lowest BCUT2D eigenvalue weighted by Crippen LogP contribution is -2.26. The summed E-state index contributed by atoms with van der Waals surface area (Å²) in [7, 11) is -2.88. The van der Waals surface area contributed by atoms with Crippen LogP contribution in [0.2, 0.25) is 0 Å². The molecule has 0 heterocycles. The van der Waals surface area contributed by atoms with Crippen LogP contribution in [-0.4, -0.2) is 20.4 Å². The van der Waals surface area contributed by atoms with Gasteiger partial charge in [0.15, 0.2) is 0 Å². The zero-order chi connectivity index (χ0) is 12.9. The summed E-state index contributed by atoms with van der Waals surface area (Å²) in [5.41, 5.74) is -0.240. The van der Waals surface area contributed by atoms with Crippen molar-refractivity contribution in [3.63, 3.8) is 0 Å². The lowest BCUT2D eigenvalue weighted by atomic mass is 9.68. The monoisotopic (exact) mass is 257 g/mol. The van der Waals surface area contributed by atoms with Crippen molar-refractivity contribution in [2.75, 3.05) is 12.0 Å². The first-order valence-electron chi connectivity index (χ1n) is 6.50. The molecule has 0 spiro atoms. The Bertz CT molecular complexity index is 373. The molecular formula is C13H23NO2S. The first kappa shape index (κ1) is 14.5. The fourth-order valence-corrected chi connectivity index (χ4v) is 3.40. The van der Waals surface area contributed by atoms with Crippen LogP contribution in [0.4, 0.5) is 0 Å². The third-order valence-electron chi connectivity index (χ3n) is 4.05. The molecule has 1 saturated carbocycles. The summed E-state index contributed by atoms with van der Waals surface area (Å²) in [6.45, 7) is 2.20. The van der Waals surface area contributed by atoms with E-state index < -0.39 is 9.84 Å². The van der Waals surface area contributed by atoms with Gasteiger partial charge >= 0.3 is 0 Å². The van der Waals surface area contributed by atoms with Gasteiger partial charge in [0.25, 0.3) is 0 Å². The van der Waals surface area contributed by atoms with Crippen molar-refractivity contribution in [1.29, 1.82) is 5.26 Å².